The van der Waals surface area contributed by atoms with E-state index in [4.69, 9.17) is 23.2 Å². The van der Waals surface area contributed by atoms with Crippen LogP contribution in [0.5, 0.6) is 0 Å². The highest BCUT2D eigenvalue weighted by molar-refractivity contribution is 6.34. The molecule has 0 bridgehead atoms. The summed E-state index contributed by atoms with van der Waals surface area (Å²) in [6.07, 6.45) is 0.384. The maximum absolute atomic E-state index is 11.5. The lowest BCUT2D eigenvalue weighted by Gasteiger charge is -2.13. The van der Waals surface area contributed by atoms with Crippen LogP contribution >= 0.6 is 23.2 Å². The molecule has 1 atom stereocenters. The van der Waals surface area contributed by atoms with E-state index in [1.165, 1.54) is 0 Å². The van der Waals surface area contributed by atoms with Gasteiger partial charge in [0.05, 0.1) is 6.10 Å². The summed E-state index contributed by atoms with van der Waals surface area (Å²) in [6, 6.07) is 4.85. The van der Waals surface area contributed by atoms with Crippen molar-refractivity contribution in [2.75, 3.05) is 20.1 Å². The predicted octanol–water partition coefficient (Wildman–Crippen LogP) is 2.14. The fourth-order valence-corrected chi connectivity index (χ4v) is 2.15. The third-order valence-electron chi connectivity index (χ3n) is 2.59. The van der Waals surface area contributed by atoms with E-state index in [9.17, 15) is 9.90 Å². The Morgan fingerprint density at radius 1 is 1.32 bits per heavy atom. The van der Waals surface area contributed by atoms with E-state index in [-0.39, 0.29) is 12.5 Å². The molecule has 3 N–H and O–H groups in total. The van der Waals surface area contributed by atoms with Crippen molar-refractivity contribution in [3.05, 3.63) is 33.8 Å². The molecule has 0 aromatic heterocycles. The first-order valence-corrected chi connectivity index (χ1v) is 6.84. The van der Waals surface area contributed by atoms with Gasteiger partial charge in [-0.1, -0.05) is 23.2 Å². The van der Waals surface area contributed by atoms with Gasteiger partial charge in [0, 0.05) is 23.0 Å². The minimum atomic E-state index is -0.815. The van der Waals surface area contributed by atoms with E-state index < -0.39 is 6.10 Å². The second-order valence-electron chi connectivity index (χ2n) is 4.23. The minimum Gasteiger partial charge on any atom is -0.387 e. The minimum absolute atomic E-state index is 0.0811. The summed E-state index contributed by atoms with van der Waals surface area (Å²) in [5.74, 6) is -0.0811. The Hall–Kier alpha value is -0.810. The normalized spacial score (nSPS) is 12.2. The molecule has 0 radical (unpaired) electrons. The maximum Gasteiger partial charge on any atom is 0.220 e. The molecule has 106 valence electrons. The van der Waals surface area contributed by atoms with Crippen LogP contribution in [0, 0.1) is 0 Å². The van der Waals surface area contributed by atoms with Gasteiger partial charge in [0.25, 0.3) is 0 Å². The highest BCUT2D eigenvalue weighted by Crippen LogP contribution is 2.23. The van der Waals surface area contributed by atoms with Gasteiger partial charge in [0.15, 0.2) is 0 Å². The molecule has 0 heterocycles. The molecule has 1 rings (SSSR count). The molecule has 0 spiro atoms. The number of rotatable bonds is 7. The lowest BCUT2D eigenvalue weighted by Crippen LogP contribution is -2.28. The first-order valence-electron chi connectivity index (χ1n) is 6.08. The average molecular weight is 305 g/mol. The summed E-state index contributed by atoms with van der Waals surface area (Å²) >= 11 is 11.7. The molecule has 0 aliphatic carbocycles. The number of halogens is 2. The molecule has 4 nitrogen and oxygen atoms in total. The van der Waals surface area contributed by atoms with Crippen molar-refractivity contribution >= 4 is 29.1 Å². The van der Waals surface area contributed by atoms with Crippen molar-refractivity contribution in [2.24, 2.45) is 0 Å². The number of carbonyl (C=O) groups excluding carboxylic acids is 1. The molecule has 0 saturated heterocycles. The topological polar surface area (TPSA) is 61.4 Å². The van der Waals surface area contributed by atoms with E-state index >= 15 is 0 Å². The zero-order chi connectivity index (χ0) is 14.3. The van der Waals surface area contributed by atoms with Gasteiger partial charge in [-0.2, -0.15) is 0 Å². The Kier molecular flexibility index (Phi) is 7.16. The largest absolute Gasteiger partial charge is 0.387 e. The van der Waals surface area contributed by atoms with Gasteiger partial charge in [0.2, 0.25) is 5.91 Å². The molecule has 0 aliphatic heterocycles. The Balaban J connectivity index is 2.42. The van der Waals surface area contributed by atoms with Crippen molar-refractivity contribution < 1.29 is 9.90 Å². The molecule has 1 unspecified atom stereocenters. The molecule has 1 aromatic carbocycles. The smallest absolute Gasteiger partial charge is 0.220 e. The third kappa shape index (κ3) is 6.25. The summed E-state index contributed by atoms with van der Waals surface area (Å²) in [7, 11) is 1.84. The Morgan fingerprint density at radius 2 is 1.95 bits per heavy atom. The van der Waals surface area contributed by atoms with Crippen LogP contribution in [0.4, 0.5) is 0 Å². The molecule has 0 saturated carbocycles. The average Bonchev–Trinajstić information content (AvgIpc) is 2.35. The van der Waals surface area contributed by atoms with Gasteiger partial charge in [-0.15, -0.1) is 0 Å². The van der Waals surface area contributed by atoms with Crippen LogP contribution in [0.2, 0.25) is 10.0 Å². The number of hydrogen-bond donors (Lipinski definition) is 3. The number of aliphatic hydroxyl groups is 1. The number of nitrogens with one attached hydrogen (secondary N) is 2. The first-order chi connectivity index (χ1) is 9.02. The summed E-state index contributed by atoms with van der Waals surface area (Å²) in [5, 5.41) is 16.5. The Bertz CT molecular complexity index is 407. The molecule has 0 fully saturated rings. The second-order valence-corrected chi connectivity index (χ2v) is 5.10. The maximum atomic E-state index is 11.5. The van der Waals surface area contributed by atoms with Crippen molar-refractivity contribution in [1.29, 1.82) is 0 Å². The Labute approximate surface area is 123 Å². The molecule has 19 heavy (non-hydrogen) atoms. The molecular weight excluding hydrogens is 287 g/mol. The molecule has 0 aliphatic rings. The van der Waals surface area contributed by atoms with Crippen molar-refractivity contribution in [3.8, 4) is 0 Å². The molecule has 1 amide bonds. The second kappa shape index (κ2) is 8.38. The van der Waals surface area contributed by atoms with Gasteiger partial charge in [-0.25, -0.2) is 0 Å². The van der Waals surface area contributed by atoms with Gasteiger partial charge in [0.1, 0.15) is 0 Å². The number of benzene rings is 1. The molecular formula is C13H18Cl2N2O2. The van der Waals surface area contributed by atoms with Crippen LogP contribution in [0.25, 0.3) is 0 Å². The number of carbonyl (C=O) groups is 1. The van der Waals surface area contributed by atoms with Gasteiger partial charge in [-0.05, 0) is 43.8 Å². The number of aliphatic hydroxyl groups excluding tert-OH is 1. The predicted molar refractivity (Wildman–Crippen MR) is 77.6 cm³/mol. The summed E-state index contributed by atoms with van der Waals surface area (Å²) in [6.45, 7) is 0.939. The van der Waals surface area contributed by atoms with Gasteiger partial charge in [-0.3, -0.25) is 4.79 Å². The van der Waals surface area contributed by atoms with Gasteiger partial charge < -0.3 is 15.7 Å². The van der Waals surface area contributed by atoms with Crippen molar-refractivity contribution in [2.45, 2.75) is 18.9 Å². The summed E-state index contributed by atoms with van der Waals surface area (Å²) in [4.78, 5) is 11.5. The quantitative estimate of drug-likeness (QED) is 0.676. The van der Waals surface area contributed by atoms with Crippen LogP contribution in [-0.4, -0.2) is 31.2 Å². The number of amides is 1. The van der Waals surface area contributed by atoms with Gasteiger partial charge >= 0.3 is 0 Å². The van der Waals surface area contributed by atoms with Crippen molar-refractivity contribution in [3.63, 3.8) is 0 Å². The fraction of sp³-hybridized carbons (Fsp3) is 0.462. The monoisotopic (exact) mass is 304 g/mol. The third-order valence-corrected chi connectivity index (χ3v) is 3.03. The van der Waals surface area contributed by atoms with E-state index in [0.717, 1.165) is 13.0 Å². The lowest BCUT2D eigenvalue weighted by molar-refractivity contribution is -0.121. The van der Waals surface area contributed by atoms with Crippen LogP contribution in [0.1, 0.15) is 24.5 Å². The SMILES string of the molecule is CNCCCC(=O)NCC(O)c1cc(Cl)cc(Cl)c1. The van der Waals surface area contributed by atoms with E-state index in [2.05, 4.69) is 10.6 Å². The van der Waals surface area contributed by atoms with Crippen LogP contribution in [-0.2, 0) is 4.79 Å². The highest BCUT2D eigenvalue weighted by atomic mass is 35.5. The van der Waals surface area contributed by atoms with Crippen LogP contribution < -0.4 is 10.6 Å². The van der Waals surface area contributed by atoms with E-state index in [1.807, 2.05) is 7.05 Å². The standard InChI is InChI=1S/C13H18Cl2N2O2/c1-16-4-2-3-13(19)17-8-12(18)9-5-10(14)7-11(15)6-9/h5-7,12,16,18H,2-4,8H2,1H3,(H,17,19). The molecule has 1 aromatic rings. The lowest BCUT2D eigenvalue weighted by atomic mass is 10.1. The van der Waals surface area contributed by atoms with Crippen LogP contribution in [0.3, 0.4) is 0 Å². The Morgan fingerprint density at radius 3 is 2.53 bits per heavy atom. The highest BCUT2D eigenvalue weighted by Gasteiger charge is 2.11. The molecule has 6 heteroatoms. The van der Waals surface area contributed by atoms with E-state index in [0.29, 0.717) is 22.0 Å². The summed E-state index contributed by atoms with van der Waals surface area (Å²) < 4.78 is 0. The van der Waals surface area contributed by atoms with Crippen LogP contribution in [0.15, 0.2) is 18.2 Å². The van der Waals surface area contributed by atoms with Crippen molar-refractivity contribution in [1.82, 2.24) is 10.6 Å². The number of hydrogen-bond acceptors (Lipinski definition) is 3. The summed E-state index contributed by atoms with van der Waals surface area (Å²) in [5.41, 5.74) is 0.591. The van der Waals surface area contributed by atoms with E-state index in [1.54, 1.807) is 18.2 Å². The fourth-order valence-electron chi connectivity index (χ4n) is 1.61. The zero-order valence-electron chi connectivity index (χ0n) is 10.7. The zero-order valence-corrected chi connectivity index (χ0v) is 12.3. The first kappa shape index (κ1) is 16.2.